The van der Waals surface area contributed by atoms with Crippen LogP contribution in [0.5, 0.6) is 0 Å². The molecule has 0 saturated heterocycles. The third-order valence-electron chi connectivity index (χ3n) is 2.54. The molecule has 2 rings (SSSR count). The van der Waals surface area contributed by atoms with Crippen LogP contribution in [0.1, 0.15) is 21.5 Å². The van der Waals surface area contributed by atoms with E-state index in [2.05, 4.69) is 0 Å². The van der Waals surface area contributed by atoms with Gasteiger partial charge in [-0.15, -0.1) is 0 Å². The van der Waals surface area contributed by atoms with Gasteiger partial charge in [-0.1, -0.05) is 0 Å². The molecule has 0 unspecified atom stereocenters. The molecule has 0 N–H and O–H groups in total. The predicted octanol–water partition coefficient (Wildman–Crippen LogP) is 3.39. The molecular weight excluding hydrogens is 250 g/mol. The number of nitrogens with zero attached hydrogens (tertiary/aromatic N) is 1. The number of ketones is 1. The smallest absolute Gasteiger partial charge is 0.270 e. The molecule has 0 radical (unpaired) electrons. The fourth-order valence-electron chi connectivity index (χ4n) is 1.71. The monoisotopic (exact) mass is 261 g/mol. The number of thiophene rings is 1. The van der Waals surface area contributed by atoms with Crippen molar-refractivity contribution in [1.29, 1.82) is 0 Å². The zero-order valence-corrected chi connectivity index (χ0v) is 10.6. The number of non-ortho nitro benzene ring substituents is 1. The minimum absolute atomic E-state index is 0.0383. The average molecular weight is 261 g/mol. The molecule has 1 heterocycles. The maximum Gasteiger partial charge on any atom is 0.270 e. The molecule has 0 spiro atoms. The molecule has 0 amide bonds. The van der Waals surface area contributed by atoms with Gasteiger partial charge in [0.1, 0.15) is 0 Å². The first-order valence-electron chi connectivity index (χ1n) is 5.36. The van der Waals surface area contributed by atoms with Gasteiger partial charge >= 0.3 is 0 Å². The second-order valence-electron chi connectivity index (χ2n) is 4.05. The van der Waals surface area contributed by atoms with Crippen molar-refractivity contribution in [2.24, 2.45) is 0 Å². The van der Waals surface area contributed by atoms with Gasteiger partial charge in [-0.25, -0.2) is 0 Å². The van der Waals surface area contributed by atoms with Crippen molar-refractivity contribution in [3.8, 4) is 0 Å². The highest BCUT2D eigenvalue weighted by Crippen LogP contribution is 2.19. The maximum absolute atomic E-state index is 12.0. The standard InChI is InChI=1S/C13H11NO3S/c1-9-4-11(7-12(5-9)14(16)17)13(15)6-10-2-3-18-8-10/h2-5,7-8H,6H2,1H3. The molecular formula is C13H11NO3S. The van der Waals surface area contributed by atoms with Crippen molar-refractivity contribution in [1.82, 2.24) is 0 Å². The summed E-state index contributed by atoms with van der Waals surface area (Å²) in [5.74, 6) is -0.0970. The number of hydrogen-bond acceptors (Lipinski definition) is 4. The van der Waals surface area contributed by atoms with Gasteiger partial charge in [0.05, 0.1) is 4.92 Å². The van der Waals surface area contributed by atoms with Crippen molar-refractivity contribution in [3.05, 3.63) is 61.8 Å². The highest BCUT2D eigenvalue weighted by atomic mass is 32.1. The summed E-state index contributed by atoms with van der Waals surface area (Å²) in [4.78, 5) is 22.3. The molecule has 2 aromatic rings. The first-order valence-corrected chi connectivity index (χ1v) is 6.31. The normalized spacial score (nSPS) is 10.3. The molecule has 1 aromatic heterocycles. The average Bonchev–Trinajstić information content (AvgIpc) is 2.80. The van der Waals surface area contributed by atoms with Gasteiger partial charge in [0.2, 0.25) is 0 Å². The lowest BCUT2D eigenvalue weighted by Gasteiger charge is -2.02. The molecule has 4 nitrogen and oxygen atoms in total. The first kappa shape index (κ1) is 12.4. The molecule has 0 fully saturated rings. The van der Waals surface area contributed by atoms with E-state index in [1.165, 1.54) is 23.5 Å². The lowest BCUT2D eigenvalue weighted by Crippen LogP contribution is -2.04. The van der Waals surface area contributed by atoms with E-state index in [9.17, 15) is 14.9 Å². The number of nitro groups is 1. The van der Waals surface area contributed by atoms with Gasteiger partial charge < -0.3 is 0 Å². The van der Waals surface area contributed by atoms with Crippen LogP contribution in [0, 0.1) is 17.0 Å². The van der Waals surface area contributed by atoms with Crippen LogP contribution in [-0.2, 0) is 6.42 Å². The number of benzene rings is 1. The van der Waals surface area contributed by atoms with E-state index in [-0.39, 0.29) is 17.9 Å². The highest BCUT2D eigenvalue weighted by molar-refractivity contribution is 7.08. The lowest BCUT2D eigenvalue weighted by atomic mass is 10.0. The van der Waals surface area contributed by atoms with Crippen LogP contribution in [0.3, 0.4) is 0 Å². The number of nitro benzene ring substituents is 1. The number of carbonyl (C=O) groups excluding carboxylic acids is 1. The quantitative estimate of drug-likeness (QED) is 0.481. The van der Waals surface area contributed by atoms with E-state index in [1.54, 1.807) is 13.0 Å². The van der Waals surface area contributed by atoms with Gasteiger partial charge in [-0.3, -0.25) is 14.9 Å². The minimum atomic E-state index is -0.478. The predicted molar refractivity (Wildman–Crippen MR) is 70.2 cm³/mol. The summed E-state index contributed by atoms with van der Waals surface area (Å²) >= 11 is 1.53. The molecule has 18 heavy (non-hydrogen) atoms. The molecule has 0 bridgehead atoms. The summed E-state index contributed by atoms with van der Waals surface area (Å²) in [6, 6.07) is 6.36. The van der Waals surface area contributed by atoms with E-state index in [4.69, 9.17) is 0 Å². The van der Waals surface area contributed by atoms with Crippen molar-refractivity contribution in [3.63, 3.8) is 0 Å². The second kappa shape index (κ2) is 5.10. The largest absolute Gasteiger partial charge is 0.294 e. The Hall–Kier alpha value is -2.01. The van der Waals surface area contributed by atoms with Crippen LogP contribution >= 0.6 is 11.3 Å². The molecule has 1 aromatic carbocycles. The molecule has 0 aliphatic heterocycles. The Morgan fingerprint density at radius 1 is 1.39 bits per heavy atom. The van der Waals surface area contributed by atoms with E-state index < -0.39 is 4.92 Å². The Balaban J connectivity index is 2.27. The SMILES string of the molecule is Cc1cc(C(=O)Cc2ccsc2)cc([N+](=O)[O-])c1. The fourth-order valence-corrected chi connectivity index (χ4v) is 2.38. The number of Topliss-reactive ketones (excluding diaryl/α,β-unsaturated/α-hetero) is 1. The minimum Gasteiger partial charge on any atom is -0.294 e. The van der Waals surface area contributed by atoms with Crippen molar-refractivity contribution in [2.75, 3.05) is 0 Å². The first-order chi connectivity index (χ1) is 8.56. The summed E-state index contributed by atoms with van der Waals surface area (Å²) < 4.78 is 0. The number of carbonyl (C=O) groups is 1. The van der Waals surface area contributed by atoms with Gasteiger partial charge in [0, 0.05) is 24.1 Å². The van der Waals surface area contributed by atoms with E-state index in [0.29, 0.717) is 5.56 Å². The zero-order chi connectivity index (χ0) is 13.1. The summed E-state index contributed by atoms with van der Waals surface area (Å²) in [5.41, 5.74) is 2.02. The molecule has 0 saturated carbocycles. The number of aryl methyl sites for hydroxylation is 1. The Morgan fingerprint density at radius 3 is 2.78 bits per heavy atom. The number of hydrogen-bond donors (Lipinski definition) is 0. The summed E-state index contributed by atoms with van der Waals surface area (Å²) in [6.45, 7) is 1.74. The van der Waals surface area contributed by atoms with Gasteiger partial charge in [-0.2, -0.15) is 11.3 Å². The van der Waals surface area contributed by atoms with Crippen molar-refractivity contribution >= 4 is 22.8 Å². The Kier molecular flexibility index (Phi) is 3.53. The van der Waals surface area contributed by atoms with Crippen LogP contribution in [0.2, 0.25) is 0 Å². The van der Waals surface area contributed by atoms with Gasteiger partial charge in [0.25, 0.3) is 5.69 Å². The zero-order valence-electron chi connectivity index (χ0n) is 9.75. The van der Waals surface area contributed by atoms with Crippen LogP contribution in [0.25, 0.3) is 0 Å². The third kappa shape index (κ3) is 2.81. The van der Waals surface area contributed by atoms with Crippen LogP contribution in [0.4, 0.5) is 5.69 Å². The summed E-state index contributed by atoms with van der Waals surface area (Å²) in [6.07, 6.45) is 0.282. The fraction of sp³-hybridized carbons (Fsp3) is 0.154. The summed E-state index contributed by atoms with van der Waals surface area (Å²) in [7, 11) is 0. The topological polar surface area (TPSA) is 60.2 Å². The third-order valence-corrected chi connectivity index (χ3v) is 3.27. The molecule has 5 heteroatoms. The second-order valence-corrected chi connectivity index (χ2v) is 4.83. The van der Waals surface area contributed by atoms with Crippen LogP contribution < -0.4 is 0 Å². The molecule has 0 atom stereocenters. The maximum atomic E-state index is 12.0. The Morgan fingerprint density at radius 2 is 2.17 bits per heavy atom. The number of rotatable bonds is 4. The van der Waals surface area contributed by atoms with E-state index in [1.807, 2.05) is 16.8 Å². The van der Waals surface area contributed by atoms with Crippen LogP contribution in [0.15, 0.2) is 35.0 Å². The highest BCUT2D eigenvalue weighted by Gasteiger charge is 2.13. The lowest BCUT2D eigenvalue weighted by molar-refractivity contribution is -0.384. The molecule has 92 valence electrons. The van der Waals surface area contributed by atoms with Gasteiger partial charge in [-0.05, 0) is 40.9 Å². The van der Waals surface area contributed by atoms with E-state index in [0.717, 1.165) is 11.1 Å². The van der Waals surface area contributed by atoms with Crippen molar-refractivity contribution < 1.29 is 9.72 Å². The Labute approximate surface area is 108 Å². The summed E-state index contributed by atoms with van der Waals surface area (Å²) in [5, 5.41) is 14.5. The Bertz CT molecular complexity index is 590. The van der Waals surface area contributed by atoms with Crippen LogP contribution in [-0.4, -0.2) is 10.7 Å². The van der Waals surface area contributed by atoms with Crippen molar-refractivity contribution in [2.45, 2.75) is 13.3 Å². The van der Waals surface area contributed by atoms with E-state index >= 15 is 0 Å². The van der Waals surface area contributed by atoms with Gasteiger partial charge in [0.15, 0.2) is 5.78 Å². The molecule has 0 aliphatic carbocycles. The molecule has 0 aliphatic rings.